The van der Waals surface area contributed by atoms with Crippen LogP contribution in [-0.2, 0) is 4.74 Å². The Morgan fingerprint density at radius 2 is 2.23 bits per heavy atom. The largest absolute Gasteiger partial charge is 0.508 e. The van der Waals surface area contributed by atoms with Crippen LogP contribution in [0.4, 0.5) is 0 Å². The van der Waals surface area contributed by atoms with Crippen molar-refractivity contribution in [2.75, 3.05) is 6.61 Å². The molecule has 0 fully saturated rings. The van der Waals surface area contributed by atoms with Gasteiger partial charge in [0.2, 0.25) is 0 Å². The molecule has 0 radical (unpaired) electrons. The SMILES string of the molecule is CCOC(C)c1cc(Br)ccc1O. The average molecular weight is 245 g/mol. The van der Waals surface area contributed by atoms with Crippen molar-refractivity contribution >= 4 is 15.9 Å². The molecule has 0 heterocycles. The lowest BCUT2D eigenvalue weighted by atomic mass is 10.1. The summed E-state index contributed by atoms with van der Waals surface area (Å²) in [6.07, 6.45) is -0.0671. The van der Waals surface area contributed by atoms with Crippen molar-refractivity contribution in [1.82, 2.24) is 0 Å². The first kappa shape index (κ1) is 10.5. The van der Waals surface area contributed by atoms with Crippen LogP contribution in [-0.4, -0.2) is 11.7 Å². The van der Waals surface area contributed by atoms with Crippen LogP contribution < -0.4 is 0 Å². The van der Waals surface area contributed by atoms with E-state index in [9.17, 15) is 5.11 Å². The van der Waals surface area contributed by atoms with E-state index in [0.29, 0.717) is 6.61 Å². The van der Waals surface area contributed by atoms with Gasteiger partial charge in [-0.3, -0.25) is 0 Å². The van der Waals surface area contributed by atoms with E-state index in [1.807, 2.05) is 19.9 Å². The third-order valence-electron chi connectivity index (χ3n) is 1.84. The summed E-state index contributed by atoms with van der Waals surface area (Å²) in [7, 11) is 0. The number of phenolic OH excluding ortho intramolecular Hbond substituents is 1. The fourth-order valence-electron chi connectivity index (χ4n) is 1.19. The van der Waals surface area contributed by atoms with Crippen molar-refractivity contribution in [3.8, 4) is 5.75 Å². The van der Waals surface area contributed by atoms with E-state index in [-0.39, 0.29) is 11.9 Å². The van der Waals surface area contributed by atoms with Crippen molar-refractivity contribution in [1.29, 1.82) is 0 Å². The second-order valence-electron chi connectivity index (χ2n) is 2.80. The van der Waals surface area contributed by atoms with Crippen LogP contribution in [0.25, 0.3) is 0 Å². The molecule has 0 amide bonds. The molecule has 0 bridgehead atoms. The van der Waals surface area contributed by atoms with Gasteiger partial charge in [0, 0.05) is 16.6 Å². The second-order valence-corrected chi connectivity index (χ2v) is 3.72. The summed E-state index contributed by atoms with van der Waals surface area (Å²) in [6, 6.07) is 5.34. The lowest BCUT2D eigenvalue weighted by Gasteiger charge is -2.13. The van der Waals surface area contributed by atoms with Crippen LogP contribution in [0, 0.1) is 0 Å². The average Bonchev–Trinajstić information content (AvgIpc) is 2.09. The predicted molar refractivity (Wildman–Crippen MR) is 55.8 cm³/mol. The third kappa shape index (κ3) is 2.71. The molecule has 1 unspecified atom stereocenters. The molecule has 2 nitrogen and oxygen atoms in total. The van der Waals surface area contributed by atoms with Crippen LogP contribution in [0.15, 0.2) is 22.7 Å². The quantitative estimate of drug-likeness (QED) is 0.885. The third-order valence-corrected chi connectivity index (χ3v) is 2.34. The summed E-state index contributed by atoms with van der Waals surface area (Å²) in [4.78, 5) is 0. The Morgan fingerprint density at radius 3 is 2.85 bits per heavy atom. The van der Waals surface area contributed by atoms with Crippen LogP contribution in [0.2, 0.25) is 0 Å². The predicted octanol–water partition coefficient (Wildman–Crippen LogP) is 3.25. The molecule has 0 aliphatic carbocycles. The van der Waals surface area contributed by atoms with Crippen molar-refractivity contribution in [3.63, 3.8) is 0 Å². The first-order chi connectivity index (χ1) is 6.15. The molecular formula is C10H13BrO2. The summed E-state index contributed by atoms with van der Waals surface area (Å²) in [5, 5.41) is 9.53. The zero-order valence-electron chi connectivity index (χ0n) is 7.75. The lowest BCUT2D eigenvalue weighted by Crippen LogP contribution is -1.99. The maximum absolute atomic E-state index is 9.53. The molecule has 0 saturated heterocycles. The van der Waals surface area contributed by atoms with E-state index < -0.39 is 0 Å². The minimum absolute atomic E-state index is 0.0671. The number of ether oxygens (including phenoxy) is 1. The van der Waals surface area contributed by atoms with Gasteiger partial charge in [0.15, 0.2) is 0 Å². The molecule has 72 valence electrons. The highest BCUT2D eigenvalue weighted by molar-refractivity contribution is 9.10. The maximum Gasteiger partial charge on any atom is 0.121 e. The molecule has 0 aliphatic heterocycles. The van der Waals surface area contributed by atoms with Crippen molar-refractivity contribution in [2.24, 2.45) is 0 Å². The molecule has 1 aromatic rings. The Balaban J connectivity index is 2.91. The van der Waals surface area contributed by atoms with Crippen LogP contribution in [0.1, 0.15) is 25.5 Å². The van der Waals surface area contributed by atoms with E-state index in [0.717, 1.165) is 10.0 Å². The Hall–Kier alpha value is -0.540. The van der Waals surface area contributed by atoms with Gasteiger partial charge in [-0.15, -0.1) is 0 Å². The minimum atomic E-state index is -0.0671. The number of benzene rings is 1. The van der Waals surface area contributed by atoms with Gasteiger partial charge < -0.3 is 9.84 Å². The van der Waals surface area contributed by atoms with Gasteiger partial charge in [0.25, 0.3) is 0 Å². The van der Waals surface area contributed by atoms with E-state index in [2.05, 4.69) is 15.9 Å². The molecule has 1 atom stereocenters. The highest BCUT2D eigenvalue weighted by atomic mass is 79.9. The Labute approximate surface area is 86.7 Å². The molecule has 1 aromatic carbocycles. The summed E-state index contributed by atoms with van der Waals surface area (Å²) in [5.74, 6) is 0.282. The number of rotatable bonds is 3. The molecule has 0 aromatic heterocycles. The Morgan fingerprint density at radius 1 is 1.54 bits per heavy atom. The van der Waals surface area contributed by atoms with Gasteiger partial charge in [-0.2, -0.15) is 0 Å². The van der Waals surface area contributed by atoms with Crippen LogP contribution >= 0.6 is 15.9 Å². The molecule has 0 aliphatic rings. The Kier molecular flexibility index (Phi) is 3.75. The van der Waals surface area contributed by atoms with Gasteiger partial charge in [-0.05, 0) is 32.0 Å². The number of hydrogen-bond donors (Lipinski definition) is 1. The second kappa shape index (κ2) is 4.63. The molecule has 1 rings (SSSR count). The van der Waals surface area contributed by atoms with E-state index >= 15 is 0 Å². The van der Waals surface area contributed by atoms with Crippen LogP contribution in [0.3, 0.4) is 0 Å². The standard InChI is InChI=1S/C10H13BrO2/c1-3-13-7(2)9-6-8(11)4-5-10(9)12/h4-7,12H,3H2,1-2H3. The fraction of sp³-hybridized carbons (Fsp3) is 0.400. The topological polar surface area (TPSA) is 29.5 Å². The molecule has 1 N–H and O–H groups in total. The lowest BCUT2D eigenvalue weighted by molar-refractivity contribution is 0.0746. The fourth-order valence-corrected chi connectivity index (χ4v) is 1.57. The van der Waals surface area contributed by atoms with E-state index in [1.165, 1.54) is 0 Å². The highest BCUT2D eigenvalue weighted by Gasteiger charge is 2.09. The summed E-state index contributed by atoms with van der Waals surface area (Å²) < 4.78 is 6.33. The van der Waals surface area contributed by atoms with Crippen LogP contribution in [0.5, 0.6) is 5.75 Å². The van der Waals surface area contributed by atoms with Gasteiger partial charge in [-0.25, -0.2) is 0 Å². The van der Waals surface area contributed by atoms with Crippen molar-refractivity contribution in [2.45, 2.75) is 20.0 Å². The zero-order chi connectivity index (χ0) is 9.84. The molecule has 0 saturated carbocycles. The number of phenols is 1. The Bertz CT molecular complexity index is 286. The van der Waals surface area contributed by atoms with Gasteiger partial charge >= 0.3 is 0 Å². The minimum Gasteiger partial charge on any atom is -0.508 e. The number of halogens is 1. The van der Waals surface area contributed by atoms with Gasteiger partial charge in [-0.1, -0.05) is 15.9 Å². The van der Waals surface area contributed by atoms with Gasteiger partial charge in [0.1, 0.15) is 5.75 Å². The molecule has 13 heavy (non-hydrogen) atoms. The van der Waals surface area contributed by atoms with E-state index in [4.69, 9.17) is 4.74 Å². The van der Waals surface area contributed by atoms with Crippen molar-refractivity contribution < 1.29 is 9.84 Å². The zero-order valence-corrected chi connectivity index (χ0v) is 9.34. The first-order valence-corrected chi connectivity index (χ1v) is 5.04. The smallest absolute Gasteiger partial charge is 0.121 e. The number of hydrogen-bond acceptors (Lipinski definition) is 2. The monoisotopic (exact) mass is 244 g/mol. The highest BCUT2D eigenvalue weighted by Crippen LogP contribution is 2.29. The summed E-state index contributed by atoms with van der Waals surface area (Å²) in [6.45, 7) is 4.50. The molecule has 3 heteroatoms. The normalized spacial score (nSPS) is 12.8. The summed E-state index contributed by atoms with van der Waals surface area (Å²) >= 11 is 3.35. The summed E-state index contributed by atoms with van der Waals surface area (Å²) in [5.41, 5.74) is 0.816. The molecule has 0 spiro atoms. The maximum atomic E-state index is 9.53. The number of aromatic hydroxyl groups is 1. The van der Waals surface area contributed by atoms with Crippen molar-refractivity contribution in [3.05, 3.63) is 28.2 Å². The molecular weight excluding hydrogens is 232 g/mol. The van der Waals surface area contributed by atoms with Gasteiger partial charge in [0.05, 0.1) is 6.10 Å². The van der Waals surface area contributed by atoms with E-state index in [1.54, 1.807) is 12.1 Å². The first-order valence-electron chi connectivity index (χ1n) is 4.25.